The summed E-state index contributed by atoms with van der Waals surface area (Å²) in [6.45, 7) is 3.85. The molecular weight excluding hydrogens is 268 g/mol. The van der Waals surface area contributed by atoms with Crippen molar-refractivity contribution in [3.63, 3.8) is 0 Å². The van der Waals surface area contributed by atoms with Crippen LogP contribution in [0.5, 0.6) is 0 Å². The van der Waals surface area contributed by atoms with Gasteiger partial charge >= 0.3 is 0 Å². The molecular formula is C15H22N4O2. The van der Waals surface area contributed by atoms with Crippen LogP contribution in [0, 0.1) is 0 Å². The summed E-state index contributed by atoms with van der Waals surface area (Å²) in [5.41, 5.74) is 5.98. The minimum atomic E-state index is 0.371. The van der Waals surface area contributed by atoms with Crippen LogP contribution in [0.2, 0.25) is 0 Å². The van der Waals surface area contributed by atoms with Gasteiger partial charge in [0.2, 0.25) is 0 Å². The molecule has 6 heteroatoms. The molecule has 114 valence electrons. The second-order valence-electron chi connectivity index (χ2n) is 5.62. The standard InChI is InChI=1S/C15H22N4O2/c1-2-19(12-7-5-11(16)6-8-12)10-14-17-15(21-18-14)13-4-3-9-20-13/h3-4,9,11-12H,2,5-8,10,16H2,1H3. The Morgan fingerprint density at radius 3 is 2.81 bits per heavy atom. The third-order valence-corrected chi connectivity index (χ3v) is 4.21. The van der Waals surface area contributed by atoms with E-state index in [0.29, 0.717) is 36.1 Å². The summed E-state index contributed by atoms with van der Waals surface area (Å²) in [6, 6.07) is 4.57. The van der Waals surface area contributed by atoms with Crippen molar-refractivity contribution in [2.75, 3.05) is 6.54 Å². The van der Waals surface area contributed by atoms with Crippen LogP contribution in [0.4, 0.5) is 0 Å². The maximum atomic E-state index is 5.98. The highest BCUT2D eigenvalue weighted by atomic mass is 16.5. The molecule has 0 radical (unpaired) electrons. The highest BCUT2D eigenvalue weighted by Gasteiger charge is 2.24. The van der Waals surface area contributed by atoms with Gasteiger partial charge in [-0.05, 0) is 44.4 Å². The molecule has 0 saturated heterocycles. The first kappa shape index (κ1) is 14.3. The first-order valence-corrected chi connectivity index (χ1v) is 7.62. The molecule has 1 saturated carbocycles. The van der Waals surface area contributed by atoms with Gasteiger partial charge in [-0.2, -0.15) is 4.98 Å². The summed E-state index contributed by atoms with van der Waals surface area (Å²) in [5, 5.41) is 4.06. The topological polar surface area (TPSA) is 81.3 Å². The van der Waals surface area contributed by atoms with Crippen molar-refractivity contribution in [1.29, 1.82) is 0 Å². The molecule has 0 unspecified atom stereocenters. The first-order valence-electron chi connectivity index (χ1n) is 7.62. The van der Waals surface area contributed by atoms with Gasteiger partial charge in [-0.25, -0.2) is 0 Å². The summed E-state index contributed by atoms with van der Waals surface area (Å²) >= 11 is 0. The molecule has 0 amide bonds. The van der Waals surface area contributed by atoms with E-state index in [9.17, 15) is 0 Å². The SMILES string of the molecule is CCN(Cc1noc(-c2ccco2)n1)C1CCC(N)CC1. The van der Waals surface area contributed by atoms with E-state index in [1.165, 1.54) is 0 Å². The molecule has 0 aliphatic heterocycles. The van der Waals surface area contributed by atoms with Gasteiger partial charge in [-0.3, -0.25) is 4.90 Å². The van der Waals surface area contributed by atoms with Gasteiger partial charge in [0.15, 0.2) is 11.6 Å². The first-order chi connectivity index (χ1) is 10.3. The smallest absolute Gasteiger partial charge is 0.293 e. The van der Waals surface area contributed by atoms with Gasteiger partial charge in [0.1, 0.15) is 0 Å². The Morgan fingerprint density at radius 1 is 1.33 bits per heavy atom. The Balaban J connectivity index is 1.64. The third kappa shape index (κ3) is 3.33. The van der Waals surface area contributed by atoms with Crippen LogP contribution in [0.3, 0.4) is 0 Å². The molecule has 1 fully saturated rings. The molecule has 1 aliphatic rings. The van der Waals surface area contributed by atoms with Crippen LogP contribution in [-0.4, -0.2) is 33.7 Å². The highest BCUT2D eigenvalue weighted by molar-refractivity contribution is 5.42. The van der Waals surface area contributed by atoms with Crippen LogP contribution >= 0.6 is 0 Å². The van der Waals surface area contributed by atoms with Crippen molar-refractivity contribution < 1.29 is 8.94 Å². The van der Waals surface area contributed by atoms with Gasteiger partial charge in [-0.1, -0.05) is 12.1 Å². The molecule has 0 bridgehead atoms. The molecule has 0 spiro atoms. The second kappa shape index (κ2) is 6.41. The molecule has 6 nitrogen and oxygen atoms in total. The van der Waals surface area contributed by atoms with Crippen molar-refractivity contribution in [3.05, 3.63) is 24.2 Å². The number of nitrogens with two attached hydrogens (primary N) is 1. The van der Waals surface area contributed by atoms with Crippen LogP contribution in [0.1, 0.15) is 38.4 Å². The fraction of sp³-hybridized carbons (Fsp3) is 0.600. The second-order valence-corrected chi connectivity index (χ2v) is 5.62. The number of furan rings is 1. The highest BCUT2D eigenvalue weighted by Crippen LogP contribution is 2.24. The maximum absolute atomic E-state index is 5.98. The number of nitrogens with zero attached hydrogens (tertiary/aromatic N) is 3. The average Bonchev–Trinajstić information content (AvgIpc) is 3.17. The number of rotatable bonds is 5. The van der Waals surface area contributed by atoms with Crippen LogP contribution in [0.25, 0.3) is 11.7 Å². The fourth-order valence-electron chi connectivity index (χ4n) is 2.97. The van der Waals surface area contributed by atoms with Crippen LogP contribution in [-0.2, 0) is 6.54 Å². The quantitative estimate of drug-likeness (QED) is 0.910. The molecule has 2 heterocycles. The molecule has 3 rings (SSSR count). The monoisotopic (exact) mass is 290 g/mol. The van der Waals surface area contributed by atoms with Crippen molar-refractivity contribution in [1.82, 2.24) is 15.0 Å². The maximum Gasteiger partial charge on any atom is 0.293 e. The van der Waals surface area contributed by atoms with Crippen molar-refractivity contribution >= 4 is 0 Å². The number of hydrogen-bond donors (Lipinski definition) is 1. The lowest BCUT2D eigenvalue weighted by atomic mass is 9.91. The van der Waals surface area contributed by atoms with Crippen LogP contribution in [0.15, 0.2) is 27.3 Å². The third-order valence-electron chi connectivity index (χ3n) is 4.21. The van der Waals surface area contributed by atoms with E-state index in [2.05, 4.69) is 22.0 Å². The van der Waals surface area contributed by atoms with Crippen molar-refractivity contribution in [2.45, 2.75) is 51.2 Å². The van der Waals surface area contributed by atoms with E-state index in [1.54, 1.807) is 6.26 Å². The van der Waals surface area contributed by atoms with E-state index in [1.807, 2.05) is 12.1 Å². The van der Waals surface area contributed by atoms with E-state index >= 15 is 0 Å². The number of aromatic nitrogens is 2. The molecule has 2 aromatic heterocycles. The lowest BCUT2D eigenvalue weighted by Gasteiger charge is -2.34. The van der Waals surface area contributed by atoms with Crippen molar-refractivity contribution in [3.8, 4) is 11.7 Å². The zero-order valence-electron chi connectivity index (χ0n) is 12.4. The predicted octanol–water partition coefficient (Wildman–Crippen LogP) is 2.42. The van der Waals surface area contributed by atoms with Gasteiger partial charge in [-0.15, -0.1) is 0 Å². The Hall–Kier alpha value is -1.66. The normalized spacial score (nSPS) is 22.8. The van der Waals surface area contributed by atoms with Crippen molar-refractivity contribution in [2.24, 2.45) is 5.73 Å². The van der Waals surface area contributed by atoms with Gasteiger partial charge in [0.25, 0.3) is 5.89 Å². The lowest BCUT2D eigenvalue weighted by Crippen LogP contribution is -2.40. The summed E-state index contributed by atoms with van der Waals surface area (Å²) in [7, 11) is 0. The fourth-order valence-corrected chi connectivity index (χ4v) is 2.97. The zero-order chi connectivity index (χ0) is 14.7. The molecule has 1 aliphatic carbocycles. The van der Waals surface area contributed by atoms with E-state index in [0.717, 1.165) is 32.2 Å². The summed E-state index contributed by atoms with van der Waals surface area (Å²) in [6.07, 6.45) is 6.11. The lowest BCUT2D eigenvalue weighted by molar-refractivity contribution is 0.144. The Kier molecular flexibility index (Phi) is 4.36. The molecule has 21 heavy (non-hydrogen) atoms. The summed E-state index contributed by atoms with van der Waals surface area (Å²) < 4.78 is 10.5. The minimum Gasteiger partial charge on any atom is -0.459 e. The predicted molar refractivity (Wildman–Crippen MR) is 78.3 cm³/mol. The van der Waals surface area contributed by atoms with E-state index in [-0.39, 0.29) is 0 Å². The summed E-state index contributed by atoms with van der Waals surface area (Å²) in [4.78, 5) is 6.82. The van der Waals surface area contributed by atoms with E-state index in [4.69, 9.17) is 14.7 Å². The molecule has 0 atom stereocenters. The number of hydrogen-bond acceptors (Lipinski definition) is 6. The summed E-state index contributed by atoms with van der Waals surface area (Å²) in [5.74, 6) is 1.76. The Morgan fingerprint density at radius 2 is 2.14 bits per heavy atom. The largest absolute Gasteiger partial charge is 0.459 e. The Labute approximate surface area is 124 Å². The van der Waals surface area contributed by atoms with E-state index < -0.39 is 0 Å². The molecule has 0 aromatic carbocycles. The zero-order valence-corrected chi connectivity index (χ0v) is 12.4. The molecule has 2 aromatic rings. The average molecular weight is 290 g/mol. The molecule has 2 N–H and O–H groups in total. The van der Waals surface area contributed by atoms with Crippen LogP contribution < -0.4 is 5.73 Å². The van der Waals surface area contributed by atoms with Gasteiger partial charge in [0, 0.05) is 12.1 Å². The van der Waals surface area contributed by atoms with Gasteiger partial charge in [0.05, 0.1) is 12.8 Å². The van der Waals surface area contributed by atoms with Gasteiger partial charge < -0.3 is 14.7 Å². The minimum absolute atomic E-state index is 0.371. The Bertz CT molecular complexity index is 544.